The summed E-state index contributed by atoms with van der Waals surface area (Å²) in [4.78, 5) is 11.8. The molecule has 16 heavy (non-hydrogen) atoms. The molecule has 0 heterocycles. The number of halogens is 2. The van der Waals surface area contributed by atoms with Gasteiger partial charge in [0.05, 0.1) is 5.02 Å². The molecule has 1 aromatic carbocycles. The van der Waals surface area contributed by atoms with E-state index in [1.165, 1.54) is 0 Å². The average Bonchev–Trinajstić information content (AvgIpc) is 2.16. The Hall–Kier alpha value is -0.530. The van der Waals surface area contributed by atoms with Crippen LogP contribution in [0.1, 0.15) is 43.5 Å². The van der Waals surface area contributed by atoms with Crippen LogP contribution in [-0.2, 0) is 0 Å². The second kappa shape index (κ2) is 6.27. The largest absolute Gasteiger partial charge is 0.294 e. The summed E-state index contributed by atoms with van der Waals surface area (Å²) in [5, 5.41) is 1.01. The smallest absolute Gasteiger partial charge is 0.164 e. The third-order valence-corrected chi connectivity index (χ3v) is 2.96. The van der Waals surface area contributed by atoms with Crippen LogP contribution >= 0.6 is 23.2 Å². The van der Waals surface area contributed by atoms with Crippen molar-refractivity contribution in [2.24, 2.45) is 5.92 Å². The second-order valence-corrected chi connectivity index (χ2v) is 5.18. The van der Waals surface area contributed by atoms with Crippen molar-refractivity contribution >= 4 is 29.0 Å². The molecule has 0 radical (unpaired) electrons. The van der Waals surface area contributed by atoms with E-state index in [2.05, 4.69) is 13.8 Å². The Labute approximate surface area is 107 Å². The molecular formula is C13H16Cl2O. The molecule has 0 atom stereocenters. The number of benzene rings is 1. The molecular weight excluding hydrogens is 243 g/mol. The van der Waals surface area contributed by atoms with Crippen LogP contribution in [0.25, 0.3) is 0 Å². The van der Waals surface area contributed by atoms with E-state index in [0.717, 1.165) is 12.8 Å². The first-order chi connectivity index (χ1) is 7.50. The molecule has 1 aromatic rings. The lowest BCUT2D eigenvalue weighted by molar-refractivity contribution is 0.0978. The SMILES string of the molecule is CC(C)CCCC(=O)c1ccc(Cl)cc1Cl. The molecule has 0 saturated heterocycles. The lowest BCUT2D eigenvalue weighted by atomic mass is 10.0. The minimum atomic E-state index is 0.0994. The van der Waals surface area contributed by atoms with Crippen molar-refractivity contribution in [2.45, 2.75) is 33.1 Å². The third-order valence-electron chi connectivity index (χ3n) is 2.42. The number of hydrogen-bond donors (Lipinski definition) is 0. The van der Waals surface area contributed by atoms with Crippen molar-refractivity contribution in [1.29, 1.82) is 0 Å². The summed E-state index contributed by atoms with van der Waals surface area (Å²) in [6, 6.07) is 5.00. The highest BCUT2D eigenvalue weighted by Gasteiger charge is 2.10. The molecule has 0 spiro atoms. The van der Waals surface area contributed by atoms with E-state index in [9.17, 15) is 4.79 Å². The number of rotatable bonds is 5. The zero-order valence-electron chi connectivity index (χ0n) is 9.59. The Morgan fingerprint density at radius 2 is 2.00 bits per heavy atom. The summed E-state index contributed by atoms with van der Waals surface area (Å²) < 4.78 is 0. The van der Waals surface area contributed by atoms with Crippen LogP contribution in [0, 0.1) is 5.92 Å². The quantitative estimate of drug-likeness (QED) is 0.680. The van der Waals surface area contributed by atoms with Gasteiger partial charge in [-0.2, -0.15) is 0 Å². The van der Waals surface area contributed by atoms with Gasteiger partial charge in [-0.05, 0) is 30.5 Å². The summed E-state index contributed by atoms with van der Waals surface area (Å²) in [6.07, 6.45) is 2.53. The number of carbonyl (C=O) groups is 1. The molecule has 0 aliphatic rings. The van der Waals surface area contributed by atoms with E-state index in [-0.39, 0.29) is 5.78 Å². The number of carbonyl (C=O) groups excluding carboxylic acids is 1. The van der Waals surface area contributed by atoms with Crippen LogP contribution in [-0.4, -0.2) is 5.78 Å². The Balaban J connectivity index is 2.59. The first kappa shape index (κ1) is 13.5. The molecule has 1 nitrogen and oxygen atoms in total. The van der Waals surface area contributed by atoms with Crippen molar-refractivity contribution in [3.05, 3.63) is 33.8 Å². The Morgan fingerprint density at radius 3 is 2.56 bits per heavy atom. The van der Waals surface area contributed by atoms with Crippen LogP contribution < -0.4 is 0 Å². The molecule has 0 N–H and O–H groups in total. The molecule has 88 valence electrons. The minimum Gasteiger partial charge on any atom is -0.294 e. The van der Waals surface area contributed by atoms with Crippen molar-refractivity contribution in [2.75, 3.05) is 0 Å². The highest BCUT2D eigenvalue weighted by Crippen LogP contribution is 2.23. The first-order valence-corrected chi connectivity index (χ1v) is 6.24. The highest BCUT2D eigenvalue weighted by molar-refractivity contribution is 6.36. The second-order valence-electron chi connectivity index (χ2n) is 4.33. The lowest BCUT2D eigenvalue weighted by Gasteiger charge is -2.05. The molecule has 0 saturated carbocycles. The molecule has 0 aliphatic carbocycles. The molecule has 0 aliphatic heterocycles. The summed E-state index contributed by atoms with van der Waals surface area (Å²) in [6.45, 7) is 4.31. The van der Waals surface area contributed by atoms with E-state index in [4.69, 9.17) is 23.2 Å². The summed E-state index contributed by atoms with van der Waals surface area (Å²) in [5.41, 5.74) is 0.579. The normalized spacial score (nSPS) is 10.8. The fourth-order valence-corrected chi connectivity index (χ4v) is 2.04. The van der Waals surface area contributed by atoms with Crippen molar-refractivity contribution in [1.82, 2.24) is 0 Å². The maximum atomic E-state index is 11.8. The van der Waals surface area contributed by atoms with E-state index in [0.29, 0.717) is 27.9 Å². The van der Waals surface area contributed by atoms with E-state index in [1.54, 1.807) is 18.2 Å². The van der Waals surface area contributed by atoms with Crippen molar-refractivity contribution < 1.29 is 4.79 Å². The van der Waals surface area contributed by atoms with Gasteiger partial charge in [-0.1, -0.05) is 43.5 Å². The number of ketones is 1. The summed E-state index contributed by atoms with van der Waals surface area (Å²) in [5.74, 6) is 0.732. The van der Waals surface area contributed by atoms with Gasteiger partial charge >= 0.3 is 0 Å². The van der Waals surface area contributed by atoms with Gasteiger partial charge < -0.3 is 0 Å². The average molecular weight is 259 g/mol. The molecule has 0 amide bonds. The van der Waals surface area contributed by atoms with Crippen LogP contribution in [0.5, 0.6) is 0 Å². The first-order valence-electron chi connectivity index (χ1n) is 5.49. The summed E-state index contributed by atoms with van der Waals surface area (Å²) in [7, 11) is 0. The Bertz CT molecular complexity index is 372. The fourth-order valence-electron chi connectivity index (χ4n) is 1.52. The predicted molar refractivity (Wildman–Crippen MR) is 69.5 cm³/mol. The predicted octanol–water partition coefficient (Wildman–Crippen LogP) is 5.00. The fraction of sp³-hybridized carbons (Fsp3) is 0.462. The van der Waals surface area contributed by atoms with E-state index < -0.39 is 0 Å². The monoisotopic (exact) mass is 258 g/mol. The van der Waals surface area contributed by atoms with Gasteiger partial charge in [0.15, 0.2) is 5.78 Å². The van der Waals surface area contributed by atoms with Gasteiger partial charge in [0, 0.05) is 17.0 Å². The van der Waals surface area contributed by atoms with Crippen LogP contribution in [0.4, 0.5) is 0 Å². The van der Waals surface area contributed by atoms with Gasteiger partial charge in [0.25, 0.3) is 0 Å². The van der Waals surface area contributed by atoms with Gasteiger partial charge in [-0.3, -0.25) is 4.79 Å². The lowest BCUT2D eigenvalue weighted by Crippen LogP contribution is -2.01. The standard InChI is InChI=1S/C13H16Cl2O/c1-9(2)4-3-5-13(16)11-7-6-10(14)8-12(11)15/h6-9H,3-5H2,1-2H3. The van der Waals surface area contributed by atoms with Gasteiger partial charge in [-0.15, -0.1) is 0 Å². The van der Waals surface area contributed by atoms with Crippen LogP contribution in [0.15, 0.2) is 18.2 Å². The van der Waals surface area contributed by atoms with Crippen molar-refractivity contribution in [3.8, 4) is 0 Å². The topological polar surface area (TPSA) is 17.1 Å². The molecule has 0 fully saturated rings. The maximum Gasteiger partial charge on any atom is 0.164 e. The Morgan fingerprint density at radius 1 is 1.31 bits per heavy atom. The summed E-state index contributed by atoms with van der Waals surface area (Å²) >= 11 is 11.7. The van der Waals surface area contributed by atoms with Crippen LogP contribution in [0.2, 0.25) is 10.0 Å². The number of Topliss-reactive ketones (excluding diaryl/α,β-unsaturated/α-hetero) is 1. The molecule has 0 bridgehead atoms. The maximum absolute atomic E-state index is 11.8. The third kappa shape index (κ3) is 4.15. The number of hydrogen-bond acceptors (Lipinski definition) is 1. The zero-order chi connectivity index (χ0) is 12.1. The van der Waals surface area contributed by atoms with Crippen molar-refractivity contribution in [3.63, 3.8) is 0 Å². The Kier molecular flexibility index (Phi) is 5.30. The highest BCUT2D eigenvalue weighted by atomic mass is 35.5. The van der Waals surface area contributed by atoms with Gasteiger partial charge in [0.2, 0.25) is 0 Å². The van der Waals surface area contributed by atoms with E-state index >= 15 is 0 Å². The molecule has 0 aromatic heterocycles. The molecule has 1 rings (SSSR count). The van der Waals surface area contributed by atoms with Gasteiger partial charge in [0.1, 0.15) is 0 Å². The van der Waals surface area contributed by atoms with Gasteiger partial charge in [-0.25, -0.2) is 0 Å². The zero-order valence-corrected chi connectivity index (χ0v) is 11.1. The van der Waals surface area contributed by atoms with E-state index in [1.807, 2.05) is 0 Å². The van der Waals surface area contributed by atoms with Crippen LogP contribution in [0.3, 0.4) is 0 Å². The molecule has 3 heteroatoms. The molecule has 0 unspecified atom stereocenters. The minimum absolute atomic E-state index is 0.0994.